The molecule has 0 saturated carbocycles. The molecule has 0 radical (unpaired) electrons. The van der Waals surface area contributed by atoms with Crippen molar-refractivity contribution in [3.63, 3.8) is 0 Å². The summed E-state index contributed by atoms with van der Waals surface area (Å²) >= 11 is 0. The molecule has 0 spiro atoms. The van der Waals surface area contributed by atoms with Crippen molar-refractivity contribution in [1.82, 2.24) is 5.32 Å². The number of carbonyl (C=O) groups excluding carboxylic acids is 2. The van der Waals surface area contributed by atoms with Crippen LogP contribution in [0.2, 0.25) is 0 Å². The molecule has 0 fully saturated rings. The van der Waals surface area contributed by atoms with Gasteiger partial charge in [-0.1, -0.05) is 18.2 Å². The lowest BCUT2D eigenvalue weighted by Gasteiger charge is -2.12. The van der Waals surface area contributed by atoms with Gasteiger partial charge in [0, 0.05) is 17.3 Å². The maximum atomic E-state index is 12.1. The Kier molecular flexibility index (Phi) is 6.39. The van der Waals surface area contributed by atoms with Gasteiger partial charge in [0.15, 0.2) is 0 Å². The van der Waals surface area contributed by atoms with Crippen LogP contribution in [-0.4, -0.2) is 31.5 Å². The van der Waals surface area contributed by atoms with Crippen molar-refractivity contribution in [2.45, 2.75) is 19.9 Å². The van der Waals surface area contributed by atoms with Crippen molar-refractivity contribution in [3.05, 3.63) is 54.1 Å². The maximum absolute atomic E-state index is 12.1. The summed E-state index contributed by atoms with van der Waals surface area (Å²) < 4.78 is 5.23. The Morgan fingerprint density at radius 2 is 1.84 bits per heavy atom. The van der Waals surface area contributed by atoms with E-state index in [-0.39, 0.29) is 24.4 Å². The van der Waals surface area contributed by atoms with Crippen molar-refractivity contribution < 1.29 is 14.3 Å². The molecule has 0 aromatic heterocycles. The zero-order valence-electron chi connectivity index (χ0n) is 14.6. The summed E-state index contributed by atoms with van der Waals surface area (Å²) in [5, 5.41) is 8.63. The van der Waals surface area contributed by atoms with Gasteiger partial charge in [-0.05, 0) is 44.2 Å². The minimum atomic E-state index is -0.215. The van der Waals surface area contributed by atoms with Gasteiger partial charge >= 0.3 is 0 Å². The van der Waals surface area contributed by atoms with Crippen LogP contribution in [-0.2, 0) is 4.79 Å². The molecule has 6 nitrogen and oxygen atoms in total. The van der Waals surface area contributed by atoms with Gasteiger partial charge in [0.2, 0.25) is 5.91 Å². The molecule has 25 heavy (non-hydrogen) atoms. The fourth-order valence-corrected chi connectivity index (χ4v) is 2.26. The third-order valence-electron chi connectivity index (χ3n) is 3.37. The molecule has 0 unspecified atom stereocenters. The van der Waals surface area contributed by atoms with Gasteiger partial charge < -0.3 is 20.7 Å². The van der Waals surface area contributed by atoms with Gasteiger partial charge in [-0.2, -0.15) is 0 Å². The highest BCUT2D eigenvalue weighted by Gasteiger charge is 2.09. The van der Waals surface area contributed by atoms with Crippen LogP contribution in [0.3, 0.4) is 0 Å². The molecule has 6 heteroatoms. The molecule has 0 heterocycles. The third kappa shape index (κ3) is 5.53. The van der Waals surface area contributed by atoms with Crippen molar-refractivity contribution >= 4 is 23.2 Å². The Morgan fingerprint density at radius 1 is 1.08 bits per heavy atom. The van der Waals surface area contributed by atoms with E-state index < -0.39 is 0 Å². The molecule has 2 aromatic carbocycles. The Bertz CT molecular complexity index is 744. The minimum absolute atomic E-state index is 0.0517. The number of hydrogen-bond donors (Lipinski definition) is 3. The number of carbonyl (C=O) groups is 2. The molecule has 0 aliphatic carbocycles. The van der Waals surface area contributed by atoms with E-state index in [1.165, 1.54) is 0 Å². The van der Waals surface area contributed by atoms with E-state index in [4.69, 9.17) is 4.74 Å². The number of rotatable bonds is 7. The lowest BCUT2D eigenvalue weighted by atomic mass is 10.1. The summed E-state index contributed by atoms with van der Waals surface area (Å²) in [4.78, 5) is 24.2. The quantitative estimate of drug-likeness (QED) is 0.723. The molecule has 0 saturated heterocycles. The zero-order chi connectivity index (χ0) is 18.2. The maximum Gasteiger partial charge on any atom is 0.251 e. The van der Waals surface area contributed by atoms with Crippen molar-refractivity contribution in [3.8, 4) is 5.75 Å². The van der Waals surface area contributed by atoms with Gasteiger partial charge in [-0.3, -0.25) is 9.59 Å². The van der Waals surface area contributed by atoms with Crippen LogP contribution < -0.4 is 20.7 Å². The molecule has 2 aromatic rings. The second kappa shape index (κ2) is 8.73. The largest absolute Gasteiger partial charge is 0.495 e. The van der Waals surface area contributed by atoms with Gasteiger partial charge in [-0.15, -0.1) is 0 Å². The molecule has 0 aliphatic rings. The van der Waals surface area contributed by atoms with Crippen molar-refractivity contribution in [2.24, 2.45) is 0 Å². The van der Waals surface area contributed by atoms with Gasteiger partial charge in [0.1, 0.15) is 5.75 Å². The predicted molar refractivity (Wildman–Crippen MR) is 99.2 cm³/mol. The molecule has 0 atom stereocenters. The highest BCUT2D eigenvalue weighted by molar-refractivity contribution is 5.98. The number of amides is 2. The van der Waals surface area contributed by atoms with E-state index in [2.05, 4.69) is 16.0 Å². The number of para-hydroxylation sites is 2. The molecule has 0 bridgehead atoms. The summed E-state index contributed by atoms with van der Waals surface area (Å²) in [5.41, 5.74) is 1.82. The van der Waals surface area contributed by atoms with Crippen LogP contribution in [0.1, 0.15) is 24.2 Å². The number of ether oxygens (including phenoxy) is 1. The molecule has 0 aliphatic heterocycles. The molecule has 132 valence electrons. The average Bonchev–Trinajstić information content (AvgIpc) is 2.60. The van der Waals surface area contributed by atoms with Crippen molar-refractivity contribution in [2.75, 3.05) is 24.3 Å². The normalized spacial score (nSPS) is 10.2. The van der Waals surface area contributed by atoms with Crippen LogP contribution in [0.15, 0.2) is 48.5 Å². The number of benzene rings is 2. The van der Waals surface area contributed by atoms with E-state index >= 15 is 0 Å². The lowest BCUT2D eigenvalue weighted by Crippen LogP contribution is -2.30. The standard InChI is InChI=1S/C19H23N3O3/c1-13(2)21-19(24)14-7-6-8-15(11-14)22-18(23)12-20-16-9-4-5-10-17(16)25-3/h4-11,13,20H,12H2,1-3H3,(H,21,24)(H,22,23). The molecule has 2 amide bonds. The molecule has 2 rings (SSSR count). The van der Waals surface area contributed by atoms with Gasteiger partial charge in [0.05, 0.1) is 19.3 Å². The second-order valence-electron chi connectivity index (χ2n) is 5.81. The molecule has 3 N–H and O–H groups in total. The fraction of sp³-hybridized carbons (Fsp3) is 0.263. The van der Waals surface area contributed by atoms with Crippen LogP contribution >= 0.6 is 0 Å². The topological polar surface area (TPSA) is 79.5 Å². The lowest BCUT2D eigenvalue weighted by molar-refractivity contribution is -0.114. The molecular formula is C19H23N3O3. The monoisotopic (exact) mass is 341 g/mol. The van der Waals surface area contributed by atoms with Crippen LogP contribution in [0.5, 0.6) is 5.75 Å². The van der Waals surface area contributed by atoms with Crippen LogP contribution in [0.25, 0.3) is 0 Å². The smallest absolute Gasteiger partial charge is 0.251 e. The van der Waals surface area contributed by atoms with E-state index in [1.807, 2.05) is 38.1 Å². The number of anilines is 2. The van der Waals surface area contributed by atoms with Gasteiger partial charge in [0.25, 0.3) is 5.91 Å². The number of hydrogen-bond acceptors (Lipinski definition) is 4. The van der Waals surface area contributed by atoms with E-state index in [0.717, 1.165) is 5.69 Å². The first kappa shape index (κ1) is 18.3. The predicted octanol–water partition coefficient (Wildman–Crippen LogP) is 2.88. The summed E-state index contributed by atoms with van der Waals surface area (Å²) in [6.07, 6.45) is 0. The Morgan fingerprint density at radius 3 is 2.56 bits per heavy atom. The Balaban J connectivity index is 1.95. The fourth-order valence-electron chi connectivity index (χ4n) is 2.26. The summed E-state index contributed by atoms with van der Waals surface area (Å²) in [5.74, 6) is 0.285. The number of nitrogens with one attached hydrogen (secondary N) is 3. The van der Waals surface area contributed by atoms with E-state index in [1.54, 1.807) is 31.4 Å². The summed E-state index contributed by atoms with van der Waals surface area (Å²) in [6.45, 7) is 3.88. The SMILES string of the molecule is COc1ccccc1NCC(=O)Nc1cccc(C(=O)NC(C)C)c1. The Labute approximate surface area is 147 Å². The third-order valence-corrected chi connectivity index (χ3v) is 3.37. The first-order valence-corrected chi connectivity index (χ1v) is 8.07. The summed E-state index contributed by atoms with van der Waals surface area (Å²) in [7, 11) is 1.58. The van der Waals surface area contributed by atoms with E-state index in [9.17, 15) is 9.59 Å². The highest BCUT2D eigenvalue weighted by Crippen LogP contribution is 2.22. The number of methoxy groups -OCH3 is 1. The first-order valence-electron chi connectivity index (χ1n) is 8.07. The van der Waals surface area contributed by atoms with Crippen molar-refractivity contribution in [1.29, 1.82) is 0 Å². The average molecular weight is 341 g/mol. The molecular weight excluding hydrogens is 318 g/mol. The zero-order valence-corrected chi connectivity index (χ0v) is 14.6. The first-order chi connectivity index (χ1) is 12.0. The second-order valence-corrected chi connectivity index (χ2v) is 5.81. The highest BCUT2D eigenvalue weighted by atomic mass is 16.5. The van der Waals surface area contributed by atoms with Crippen LogP contribution in [0, 0.1) is 0 Å². The van der Waals surface area contributed by atoms with Crippen LogP contribution in [0.4, 0.5) is 11.4 Å². The minimum Gasteiger partial charge on any atom is -0.495 e. The van der Waals surface area contributed by atoms with E-state index in [0.29, 0.717) is 17.0 Å². The Hall–Kier alpha value is -3.02. The van der Waals surface area contributed by atoms with Gasteiger partial charge in [-0.25, -0.2) is 0 Å². The summed E-state index contributed by atoms with van der Waals surface area (Å²) in [6, 6.07) is 14.3.